The van der Waals surface area contributed by atoms with Gasteiger partial charge in [-0.3, -0.25) is 0 Å². The maximum absolute atomic E-state index is 3.53. The molecular formula is C14H20BrN3. The van der Waals surface area contributed by atoms with Crippen molar-refractivity contribution >= 4 is 26.8 Å². The van der Waals surface area contributed by atoms with Crippen molar-refractivity contribution < 1.29 is 0 Å². The van der Waals surface area contributed by atoms with Gasteiger partial charge in [-0.1, -0.05) is 15.9 Å². The molecule has 4 heteroatoms. The van der Waals surface area contributed by atoms with E-state index >= 15 is 0 Å². The zero-order valence-electron chi connectivity index (χ0n) is 11.0. The third-order valence-corrected chi connectivity index (χ3v) is 3.63. The molecule has 0 bridgehead atoms. The zero-order chi connectivity index (χ0) is 13.0. The van der Waals surface area contributed by atoms with Crippen molar-refractivity contribution in [3.05, 3.63) is 34.4 Å². The van der Waals surface area contributed by atoms with E-state index < -0.39 is 0 Å². The molecule has 1 heterocycles. The monoisotopic (exact) mass is 309 g/mol. The van der Waals surface area contributed by atoms with E-state index in [0.29, 0.717) is 0 Å². The van der Waals surface area contributed by atoms with Crippen LogP contribution in [0.5, 0.6) is 0 Å². The molecule has 0 saturated carbocycles. The smallest absolute Gasteiger partial charge is 0.0458 e. The quantitative estimate of drug-likeness (QED) is 0.804. The Hall–Kier alpha value is -0.840. The molecule has 0 atom stereocenters. The normalized spacial score (nSPS) is 11.6. The second-order valence-electron chi connectivity index (χ2n) is 4.70. The van der Waals surface area contributed by atoms with E-state index in [4.69, 9.17) is 0 Å². The van der Waals surface area contributed by atoms with Gasteiger partial charge in [0.25, 0.3) is 0 Å². The highest BCUT2D eigenvalue weighted by atomic mass is 79.9. The molecular weight excluding hydrogens is 290 g/mol. The molecule has 18 heavy (non-hydrogen) atoms. The van der Waals surface area contributed by atoms with Crippen LogP contribution >= 0.6 is 15.9 Å². The molecule has 0 amide bonds. The molecule has 0 fully saturated rings. The van der Waals surface area contributed by atoms with E-state index in [2.05, 4.69) is 62.6 Å². The molecule has 1 aromatic carbocycles. The summed E-state index contributed by atoms with van der Waals surface area (Å²) >= 11 is 3.53. The van der Waals surface area contributed by atoms with Crippen LogP contribution in [0.15, 0.2) is 28.9 Å². The van der Waals surface area contributed by atoms with Crippen LogP contribution in [0.4, 0.5) is 0 Å². The van der Waals surface area contributed by atoms with E-state index in [-0.39, 0.29) is 0 Å². The van der Waals surface area contributed by atoms with Crippen LogP contribution in [0.3, 0.4) is 0 Å². The molecule has 0 saturated heterocycles. The maximum Gasteiger partial charge on any atom is 0.0458 e. The van der Waals surface area contributed by atoms with Crippen LogP contribution in [-0.4, -0.2) is 37.1 Å². The van der Waals surface area contributed by atoms with E-state index in [1.807, 2.05) is 7.05 Å². The lowest BCUT2D eigenvalue weighted by atomic mass is 10.1. The molecule has 0 unspecified atom stereocenters. The van der Waals surface area contributed by atoms with Gasteiger partial charge in [-0.15, -0.1) is 0 Å². The number of hydrogen-bond donors (Lipinski definition) is 2. The largest absolute Gasteiger partial charge is 0.361 e. The van der Waals surface area contributed by atoms with Crippen molar-refractivity contribution in [2.45, 2.75) is 13.0 Å². The molecule has 0 aliphatic carbocycles. The standard InChI is InChI=1S/C14H20BrN3/c1-16-6-3-7-18(2)10-11-9-17-14-5-4-12(15)8-13(11)14/h4-5,8-9,16-17H,3,6-7,10H2,1-2H3. The minimum atomic E-state index is 0.986. The first-order valence-electron chi connectivity index (χ1n) is 6.29. The van der Waals surface area contributed by atoms with Crippen molar-refractivity contribution in [3.8, 4) is 0 Å². The lowest BCUT2D eigenvalue weighted by Crippen LogP contribution is -2.22. The average Bonchev–Trinajstić information content (AvgIpc) is 2.72. The number of fused-ring (bicyclic) bond motifs is 1. The van der Waals surface area contributed by atoms with Crippen molar-refractivity contribution in [2.24, 2.45) is 0 Å². The Balaban J connectivity index is 2.04. The van der Waals surface area contributed by atoms with Gasteiger partial charge in [-0.2, -0.15) is 0 Å². The van der Waals surface area contributed by atoms with E-state index in [9.17, 15) is 0 Å². The fourth-order valence-corrected chi connectivity index (χ4v) is 2.54. The van der Waals surface area contributed by atoms with Crippen LogP contribution in [0.1, 0.15) is 12.0 Å². The SMILES string of the molecule is CNCCCN(C)Cc1c[nH]c2ccc(Br)cc12. The summed E-state index contributed by atoms with van der Waals surface area (Å²) in [5.74, 6) is 0. The predicted molar refractivity (Wildman–Crippen MR) is 80.9 cm³/mol. The number of aromatic amines is 1. The third kappa shape index (κ3) is 3.34. The van der Waals surface area contributed by atoms with Crippen molar-refractivity contribution in [2.75, 3.05) is 27.2 Å². The summed E-state index contributed by atoms with van der Waals surface area (Å²) in [6.07, 6.45) is 3.30. The summed E-state index contributed by atoms with van der Waals surface area (Å²) in [5.41, 5.74) is 2.56. The van der Waals surface area contributed by atoms with Gasteiger partial charge >= 0.3 is 0 Å². The number of hydrogen-bond acceptors (Lipinski definition) is 2. The lowest BCUT2D eigenvalue weighted by Gasteiger charge is -2.15. The number of nitrogens with one attached hydrogen (secondary N) is 2. The second kappa shape index (κ2) is 6.36. The van der Waals surface area contributed by atoms with Gasteiger partial charge in [0.1, 0.15) is 0 Å². The molecule has 0 aliphatic rings. The molecule has 0 radical (unpaired) electrons. The van der Waals surface area contributed by atoms with E-state index in [1.54, 1.807) is 0 Å². The predicted octanol–water partition coefficient (Wildman–Crippen LogP) is 2.97. The third-order valence-electron chi connectivity index (χ3n) is 3.14. The summed E-state index contributed by atoms with van der Waals surface area (Å²) < 4.78 is 1.13. The highest BCUT2D eigenvalue weighted by Gasteiger charge is 2.06. The summed E-state index contributed by atoms with van der Waals surface area (Å²) in [6.45, 7) is 3.17. The number of rotatable bonds is 6. The molecule has 0 spiro atoms. The fourth-order valence-electron chi connectivity index (χ4n) is 2.18. The second-order valence-corrected chi connectivity index (χ2v) is 5.61. The highest BCUT2D eigenvalue weighted by Crippen LogP contribution is 2.23. The molecule has 2 rings (SSSR count). The Morgan fingerprint density at radius 1 is 1.39 bits per heavy atom. The summed E-state index contributed by atoms with van der Waals surface area (Å²) in [5, 5.41) is 4.49. The van der Waals surface area contributed by atoms with Gasteiger partial charge in [0.05, 0.1) is 0 Å². The van der Waals surface area contributed by atoms with E-state index in [1.165, 1.54) is 22.9 Å². The Labute approximate surface area is 117 Å². The zero-order valence-corrected chi connectivity index (χ0v) is 12.5. The summed E-state index contributed by atoms with van der Waals surface area (Å²) in [4.78, 5) is 5.69. The topological polar surface area (TPSA) is 31.1 Å². The van der Waals surface area contributed by atoms with Crippen LogP contribution < -0.4 is 5.32 Å². The molecule has 3 nitrogen and oxygen atoms in total. The molecule has 1 aromatic heterocycles. The minimum absolute atomic E-state index is 0.986. The van der Waals surface area contributed by atoms with Gasteiger partial charge in [0.2, 0.25) is 0 Å². The lowest BCUT2D eigenvalue weighted by molar-refractivity contribution is 0.322. The molecule has 98 valence electrons. The minimum Gasteiger partial charge on any atom is -0.361 e. The molecule has 0 aliphatic heterocycles. The molecule has 2 aromatic rings. The highest BCUT2D eigenvalue weighted by molar-refractivity contribution is 9.10. The Morgan fingerprint density at radius 3 is 3.00 bits per heavy atom. The first kappa shape index (κ1) is 13.6. The number of aromatic nitrogens is 1. The van der Waals surface area contributed by atoms with Crippen molar-refractivity contribution in [1.29, 1.82) is 0 Å². The first-order chi connectivity index (χ1) is 8.70. The first-order valence-corrected chi connectivity index (χ1v) is 7.08. The number of nitrogens with zero attached hydrogens (tertiary/aromatic N) is 1. The van der Waals surface area contributed by atoms with Gasteiger partial charge in [-0.05, 0) is 57.4 Å². The van der Waals surface area contributed by atoms with Crippen LogP contribution in [0.2, 0.25) is 0 Å². The van der Waals surface area contributed by atoms with Gasteiger partial charge in [-0.25, -0.2) is 0 Å². The van der Waals surface area contributed by atoms with Gasteiger partial charge in [0.15, 0.2) is 0 Å². The van der Waals surface area contributed by atoms with Crippen molar-refractivity contribution in [3.63, 3.8) is 0 Å². The summed E-state index contributed by atoms with van der Waals surface area (Å²) in [6, 6.07) is 6.37. The maximum atomic E-state index is 3.53. The van der Waals surface area contributed by atoms with Gasteiger partial charge in [0, 0.05) is 28.1 Å². The van der Waals surface area contributed by atoms with Gasteiger partial charge < -0.3 is 15.2 Å². The summed E-state index contributed by atoms with van der Waals surface area (Å²) in [7, 11) is 4.17. The Kier molecular flexibility index (Phi) is 4.80. The van der Waals surface area contributed by atoms with E-state index in [0.717, 1.165) is 24.1 Å². The molecule has 2 N–H and O–H groups in total. The van der Waals surface area contributed by atoms with Crippen LogP contribution in [0.25, 0.3) is 10.9 Å². The average molecular weight is 310 g/mol. The Morgan fingerprint density at radius 2 is 2.22 bits per heavy atom. The fraction of sp³-hybridized carbons (Fsp3) is 0.429. The van der Waals surface area contributed by atoms with Crippen LogP contribution in [-0.2, 0) is 6.54 Å². The Bertz CT molecular complexity index is 507. The van der Waals surface area contributed by atoms with Crippen molar-refractivity contribution in [1.82, 2.24) is 15.2 Å². The number of halogens is 1. The van der Waals surface area contributed by atoms with Crippen LogP contribution in [0, 0.1) is 0 Å². The number of benzene rings is 1. The number of H-pyrrole nitrogens is 1.